The van der Waals surface area contributed by atoms with Crippen molar-refractivity contribution in [3.63, 3.8) is 0 Å². The number of carboxylic acids is 1. The normalized spacial score (nSPS) is 12.0. The summed E-state index contributed by atoms with van der Waals surface area (Å²) in [5.41, 5.74) is 0. The number of rotatable bonds is 6. The molecule has 0 aliphatic rings. The van der Waals surface area contributed by atoms with Crippen molar-refractivity contribution < 1.29 is 9.90 Å². The molecule has 0 aromatic heterocycles. The van der Waals surface area contributed by atoms with Crippen molar-refractivity contribution in [1.29, 1.82) is 5.26 Å². The Kier molecular flexibility index (Phi) is 6.58. The molecule has 1 unspecified atom stereocenters. The van der Waals surface area contributed by atoms with E-state index in [-0.39, 0.29) is 0 Å². The fourth-order valence-corrected chi connectivity index (χ4v) is 1.39. The molecule has 0 saturated heterocycles. The average molecular weight is 187 g/mol. The molecule has 0 aliphatic heterocycles. The first kappa shape index (κ1) is 11.3. The third-order valence-corrected chi connectivity index (χ3v) is 2.37. The first-order valence-corrected chi connectivity index (χ1v) is 4.87. The van der Waals surface area contributed by atoms with Crippen LogP contribution in [0.1, 0.15) is 32.6 Å². The van der Waals surface area contributed by atoms with Crippen LogP contribution >= 0.6 is 11.8 Å². The Morgan fingerprint density at radius 1 is 1.67 bits per heavy atom. The number of carbonyl (C=O) groups is 1. The van der Waals surface area contributed by atoms with E-state index in [0.29, 0.717) is 6.42 Å². The molecule has 12 heavy (non-hydrogen) atoms. The molecule has 4 heteroatoms. The number of nitriles is 1. The number of carboxylic acid groups (broad SMARTS) is 1. The zero-order chi connectivity index (χ0) is 9.40. The van der Waals surface area contributed by atoms with Crippen LogP contribution in [0.4, 0.5) is 0 Å². The van der Waals surface area contributed by atoms with Crippen molar-refractivity contribution in [2.75, 3.05) is 0 Å². The maximum atomic E-state index is 10.5. The van der Waals surface area contributed by atoms with Crippen LogP contribution < -0.4 is 0 Å². The molecule has 1 N–H and O–H groups in total. The standard InChI is InChI=1S/C8H13NO2S/c1-2-3-4-5-7(8(10)11)12-6-9/h7H,2-5H2,1H3,(H,10,11). The highest BCUT2D eigenvalue weighted by Gasteiger charge is 2.16. The van der Waals surface area contributed by atoms with Gasteiger partial charge in [-0.05, 0) is 18.2 Å². The van der Waals surface area contributed by atoms with Crippen molar-refractivity contribution >= 4 is 17.7 Å². The first-order valence-electron chi connectivity index (χ1n) is 4.00. The third kappa shape index (κ3) is 5.03. The lowest BCUT2D eigenvalue weighted by atomic mass is 10.1. The first-order chi connectivity index (χ1) is 5.72. The fraction of sp³-hybridized carbons (Fsp3) is 0.750. The van der Waals surface area contributed by atoms with Crippen LogP contribution in [0.3, 0.4) is 0 Å². The molecule has 0 rings (SSSR count). The van der Waals surface area contributed by atoms with Gasteiger partial charge in [0.1, 0.15) is 10.7 Å². The number of thiocyanates is 1. The summed E-state index contributed by atoms with van der Waals surface area (Å²) in [5, 5.41) is 18.2. The Hall–Kier alpha value is -0.690. The van der Waals surface area contributed by atoms with Crippen LogP contribution in [-0.2, 0) is 4.79 Å². The van der Waals surface area contributed by atoms with Crippen molar-refractivity contribution in [3.05, 3.63) is 0 Å². The minimum Gasteiger partial charge on any atom is -0.480 e. The molecule has 0 saturated carbocycles. The van der Waals surface area contributed by atoms with Crippen molar-refractivity contribution in [3.8, 4) is 5.40 Å². The van der Waals surface area contributed by atoms with Gasteiger partial charge < -0.3 is 5.11 Å². The Bertz CT molecular complexity index is 176. The minimum absolute atomic E-state index is 0.540. The molecule has 0 amide bonds. The third-order valence-electron chi connectivity index (χ3n) is 1.54. The van der Waals surface area contributed by atoms with Gasteiger partial charge in [-0.2, -0.15) is 5.26 Å². The maximum Gasteiger partial charge on any atom is 0.317 e. The van der Waals surface area contributed by atoms with Crippen molar-refractivity contribution in [2.24, 2.45) is 0 Å². The van der Waals surface area contributed by atoms with Crippen LogP contribution in [0.15, 0.2) is 0 Å². The van der Waals surface area contributed by atoms with E-state index >= 15 is 0 Å². The minimum atomic E-state index is -0.877. The second-order valence-corrected chi connectivity index (χ2v) is 3.52. The lowest BCUT2D eigenvalue weighted by Gasteiger charge is -2.05. The SMILES string of the molecule is CCCCCC(SC#N)C(=O)O. The molecule has 0 heterocycles. The highest BCUT2D eigenvalue weighted by Crippen LogP contribution is 2.16. The van der Waals surface area contributed by atoms with E-state index in [1.165, 1.54) is 0 Å². The van der Waals surface area contributed by atoms with Gasteiger partial charge in [-0.3, -0.25) is 4.79 Å². The van der Waals surface area contributed by atoms with Crippen LogP contribution in [0.5, 0.6) is 0 Å². The molecule has 0 bridgehead atoms. The Labute approximate surface area is 76.8 Å². The molecule has 0 aliphatic carbocycles. The fourth-order valence-electron chi connectivity index (χ4n) is 0.876. The topological polar surface area (TPSA) is 61.1 Å². The van der Waals surface area contributed by atoms with Gasteiger partial charge in [0.2, 0.25) is 0 Å². The molecule has 0 radical (unpaired) electrons. The van der Waals surface area contributed by atoms with E-state index in [2.05, 4.69) is 6.92 Å². The van der Waals surface area contributed by atoms with Crippen LogP contribution in [-0.4, -0.2) is 16.3 Å². The van der Waals surface area contributed by atoms with Gasteiger partial charge in [-0.15, -0.1) is 0 Å². The predicted octanol–water partition coefficient (Wildman–Crippen LogP) is 2.23. The zero-order valence-corrected chi connectivity index (χ0v) is 7.93. The smallest absolute Gasteiger partial charge is 0.317 e. The van der Waals surface area contributed by atoms with E-state index < -0.39 is 11.2 Å². The van der Waals surface area contributed by atoms with Crippen molar-refractivity contribution in [2.45, 2.75) is 37.9 Å². The van der Waals surface area contributed by atoms with Gasteiger partial charge in [-0.1, -0.05) is 26.2 Å². The summed E-state index contributed by atoms with van der Waals surface area (Å²) in [5.74, 6) is -0.877. The lowest BCUT2D eigenvalue weighted by Crippen LogP contribution is -2.15. The molecule has 0 fully saturated rings. The van der Waals surface area contributed by atoms with Crippen LogP contribution in [0.25, 0.3) is 0 Å². The highest BCUT2D eigenvalue weighted by molar-refractivity contribution is 8.04. The monoisotopic (exact) mass is 187 g/mol. The summed E-state index contributed by atoms with van der Waals surface area (Å²) in [6.45, 7) is 2.06. The van der Waals surface area contributed by atoms with Gasteiger partial charge >= 0.3 is 5.97 Å². The summed E-state index contributed by atoms with van der Waals surface area (Å²) in [4.78, 5) is 10.5. The Morgan fingerprint density at radius 3 is 2.75 bits per heavy atom. The van der Waals surface area contributed by atoms with Crippen LogP contribution in [0, 0.1) is 10.7 Å². The summed E-state index contributed by atoms with van der Waals surface area (Å²) < 4.78 is 0. The van der Waals surface area contributed by atoms with Gasteiger partial charge in [-0.25, -0.2) is 0 Å². The van der Waals surface area contributed by atoms with E-state index in [1.54, 1.807) is 0 Å². The molecule has 3 nitrogen and oxygen atoms in total. The largest absolute Gasteiger partial charge is 0.480 e. The van der Waals surface area contributed by atoms with Gasteiger partial charge in [0.15, 0.2) is 0 Å². The van der Waals surface area contributed by atoms with E-state index in [0.717, 1.165) is 31.0 Å². The number of aliphatic carboxylic acids is 1. The highest BCUT2D eigenvalue weighted by atomic mass is 32.2. The van der Waals surface area contributed by atoms with Gasteiger partial charge in [0.05, 0.1) is 0 Å². The Morgan fingerprint density at radius 2 is 2.33 bits per heavy atom. The second kappa shape index (κ2) is 6.99. The Balaban J connectivity index is 3.65. The van der Waals surface area contributed by atoms with E-state index in [9.17, 15) is 4.79 Å². The summed E-state index contributed by atoms with van der Waals surface area (Å²) in [6, 6.07) is 0. The predicted molar refractivity (Wildman–Crippen MR) is 48.8 cm³/mol. The zero-order valence-electron chi connectivity index (χ0n) is 7.12. The number of unbranched alkanes of at least 4 members (excludes halogenated alkanes) is 2. The maximum absolute atomic E-state index is 10.5. The molecular weight excluding hydrogens is 174 g/mol. The number of hydrogen-bond acceptors (Lipinski definition) is 3. The van der Waals surface area contributed by atoms with Gasteiger partial charge in [0, 0.05) is 0 Å². The molecular formula is C8H13NO2S. The van der Waals surface area contributed by atoms with Crippen molar-refractivity contribution in [1.82, 2.24) is 0 Å². The molecule has 0 aromatic carbocycles. The number of hydrogen-bond donors (Lipinski definition) is 1. The second-order valence-electron chi connectivity index (χ2n) is 2.53. The summed E-state index contributed by atoms with van der Waals surface area (Å²) in [7, 11) is 0. The number of thioether (sulfide) groups is 1. The van der Waals surface area contributed by atoms with Crippen LogP contribution in [0.2, 0.25) is 0 Å². The van der Waals surface area contributed by atoms with E-state index in [4.69, 9.17) is 10.4 Å². The molecule has 0 spiro atoms. The van der Waals surface area contributed by atoms with E-state index in [1.807, 2.05) is 5.40 Å². The molecule has 68 valence electrons. The summed E-state index contributed by atoms with van der Waals surface area (Å²) in [6.07, 6.45) is 3.60. The number of nitrogens with zero attached hydrogens (tertiary/aromatic N) is 1. The molecule has 1 atom stereocenters. The lowest BCUT2D eigenvalue weighted by molar-refractivity contribution is -0.136. The average Bonchev–Trinajstić information content (AvgIpc) is 2.03. The van der Waals surface area contributed by atoms with Gasteiger partial charge in [0.25, 0.3) is 0 Å². The molecule has 0 aromatic rings. The summed E-state index contributed by atoms with van der Waals surface area (Å²) >= 11 is 0.841. The quantitative estimate of drug-likeness (QED) is 0.511.